The maximum absolute atomic E-state index is 12.0. The van der Waals surface area contributed by atoms with E-state index in [1.807, 2.05) is 24.3 Å². The van der Waals surface area contributed by atoms with Crippen LogP contribution in [-0.2, 0) is 16.0 Å². The van der Waals surface area contributed by atoms with Gasteiger partial charge in [-0.05, 0) is 36.2 Å². The molecule has 2 amide bonds. The second-order valence-electron chi connectivity index (χ2n) is 5.41. The molecule has 0 unspecified atom stereocenters. The number of hydrogen-bond acceptors (Lipinski definition) is 4. The van der Waals surface area contributed by atoms with Crippen molar-refractivity contribution in [2.45, 2.75) is 19.3 Å². The predicted molar refractivity (Wildman–Crippen MR) is 86.3 cm³/mol. The fraction of sp³-hybridized carbons (Fsp3) is 0.235. The smallest absolute Gasteiger partial charge is 0.230 e. The van der Waals surface area contributed by atoms with E-state index >= 15 is 0 Å². The van der Waals surface area contributed by atoms with Gasteiger partial charge >= 0.3 is 0 Å². The average molecular weight is 311 g/mol. The van der Waals surface area contributed by atoms with Gasteiger partial charge in [0.2, 0.25) is 11.8 Å². The van der Waals surface area contributed by atoms with Crippen LogP contribution in [0.4, 0.5) is 11.5 Å². The Kier molecular flexibility index (Phi) is 4.23. The third-order valence-corrected chi connectivity index (χ3v) is 3.73. The van der Waals surface area contributed by atoms with Crippen LogP contribution in [0.15, 0.2) is 42.6 Å². The van der Waals surface area contributed by atoms with Gasteiger partial charge < -0.3 is 15.3 Å². The van der Waals surface area contributed by atoms with E-state index in [1.165, 1.54) is 12.3 Å². The highest BCUT2D eigenvalue weighted by molar-refractivity contribution is 5.95. The highest BCUT2D eigenvalue weighted by Crippen LogP contribution is 2.22. The number of nitrogens with zero attached hydrogens (tertiary/aromatic N) is 2. The van der Waals surface area contributed by atoms with Gasteiger partial charge in [0.15, 0.2) is 11.6 Å². The third kappa shape index (κ3) is 3.48. The summed E-state index contributed by atoms with van der Waals surface area (Å²) in [7, 11) is 0. The molecule has 6 heteroatoms. The lowest BCUT2D eigenvalue weighted by Crippen LogP contribution is -2.23. The SMILES string of the molecule is O=C(Cc1ccc(N2CCCC2=O)cc1)Nc1ncccc1O. The van der Waals surface area contributed by atoms with Crippen molar-refractivity contribution in [2.24, 2.45) is 0 Å². The summed E-state index contributed by atoms with van der Waals surface area (Å²) in [4.78, 5) is 29.4. The summed E-state index contributed by atoms with van der Waals surface area (Å²) >= 11 is 0. The summed E-state index contributed by atoms with van der Waals surface area (Å²) in [6.45, 7) is 0.748. The maximum Gasteiger partial charge on any atom is 0.230 e. The number of benzene rings is 1. The lowest BCUT2D eigenvalue weighted by molar-refractivity contribution is -0.117. The van der Waals surface area contributed by atoms with E-state index in [9.17, 15) is 14.7 Å². The summed E-state index contributed by atoms with van der Waals surface area (Å²) in [6, 6.07) is 10.4. The Bertz CT molecular complexity index is 728. The molecule has 1 aromatic heterocycles. The summed E-state index contributed by atoms with van der Waals surface area (Å²) in [5.74, 6) is -0.0364. The maximum atomic E-state index is 12.0. The molecule has 2 heterocycles. The number of amides is 2. The van der Waals surface area contributed by atoms with Crippen molar-refractivity contribution in [1.29, 1.82) is 0 Å². The van der Waals surface area contributed by atoms with E-state index in [1.54, 1.807) is 11.0 Å². The molecule has 6 nitrogen and oxygen atoms in total. The van der Waals surface area contributed by atoms with Crippen LogP contribution in [0, 0.1) is 0 Å². The van der Waals surface area contributed by atoms with Gasteiger partial charge in [-0.1, -0.05) is 12.1 Å². The predicted octanol–water partition coefficient (Wildman–Crippen LogP) is 2.10. The number of hydrogen-bond donors (Lipinski definition) is 2. The zero-order valence-electron chi connectivity index (χ0n) is 12.5. The lowest BCUT2D eigenvalue weighted by atomic mass is 10.1. The molecule has 0 spiro atoms. The topological polar surface area (TPSA) is 82.5 Å². The van der Waals surface area contributed by atoms with Crippen LogP contribution in [0.2, 0.25) is 0 Å². The number of carbonyl (C=O) groups excluding carboxylic acids is 2. The summed E-state index contributed by atoms with van der Waals surface area (Å²) in [6.07, 6.45) is 3.15. The quantitative estimate of drug-likeness (QED) is 0.906. The van der Waals surface area contributed by atoms with Crippen LogP contribution in [0.1, 0.15) is 18.4 Å². The number of anilines is 2. The molecule has 2 N–H and O–H groups in total. The Hall–Kier alpha value is -2.89. The minimum absolute atomic E-state index is 0.0660. The molecule has 1 aromatic carbocycles. The van der Waals surface area contributed by atoms with Crippen LogP contribution in [-0.4, -0.2) is 28.4 Å². The first-order valence-corrected chi connectivity index (χ1v) is 7.46. The molecule has 1 saturated heterocycles. The number of aromatic nitrogens is 1. The first kappa shape index (κ1) is 15.0. The Morgan fingerprint density at radius 2 is 2.04 bits per heavy atom. The van der Waals surface area contributed by atoms with Crippen LogP contribution >= 0.6 is 0 Å². The van der Waals surface area contributed by atoms with Crippen LogP contribution in [0.25, 0.3) is 0 Å². The van der Waals surface area contributed by atoms with Crippen LogP contribution in [0.5, 0.6) is 5.75 Å². The van der Waals surface area contributed by atoms with Crippen molar-refractivity contribution in [3.63, 3.8) is 0 Å². The van der Waals surface area contributed by atoms with E-state index in [2.05, 4.69) is 10.3 Å². The molecule has 0 atom stereocenters. The van der Waals surface area contributed by atoms with Gasteiger partial charge in [-0.25, -0.2) is 4.98 Å². The molecule has 0 saturated carbocycles. The van der Waals surface area contributed by atoms with Gasteiger partial charge in [0.1, 0.15) is 0 Å². The zero-order chi connectivity index (χ0) is 16.2. The van der Waals surface area contributed by atoms with Crippen molar-refractivity contribution < 1.29 is 14.7 Å². The van der Waals surface area contributed by atoms with Crippen molar-refractivity contribution in [3.8, 4) is 5.75 Å². The van der Waals surface area contributed by atoms with Gasteiger partial charge in [0.25, 0.3) is 0 Å². The van der Waals surface area contributed by atoms with E-state index in [4.69, 9.17) is 0 Å². The van der Waals surface area contributed by atoms with E-state index in [0.717, 1.165) is 24.2 Å². The van der Waals surface area contributed by atoms with Crippen molar-refractivity contribution >= 4 is 23.3 Å². The van der Waals surface area contributed by atoms with Gasteiger partial charge in [-0.2, -0.15) is 0 Å². The van der Waals surface area contributed by atoms with Crippen molar-refractivity contribution in [3.05, 3.63) is 48.2 Å². The van der Waals surface area contributed by atoms with Gasteiger partial charge in [-0.15, -0.1) is 0 Å². The second kappa shape index (κ2) is 6.48. The van der Waals surface area contributed by atoms with E-state index in [0.29, 0.717) is 6.42 Å². The Morgan fingerprint density at radius 3 is 2.70 bits per heavy atom. The van der Waals surface area contributed by atoms with Crippen molar-refractivity contribution in [1.82, 2.24) is 4.98 Å². The number of rotatable bonds is 4. The lowest BCUT2D eigenvalue weighted by Gasteiger charge is -2.15. The molecule has 23 heavy (non-hydrogen) atoms. The molecule has 0 radical (unpaired) electrons. The van der Waals surface area contributed by atoms with E-state index < -0.39 is 0 Å². The normalized spacial score (nSPS) is 14.1. The first-order chi connectivity index (χ1) is 11.1. The van der Waals surface area contributed by atoms with Gasteiger partial charge in [0, 0.05) is 24.8 Å². The average Bonchev–Trinajstić information content (AvgIpc) is 2.96. The number of aromatic hydroxyl groups is 1. The molecule has 1 aliphatic rings. The highest BCUT2D eigenvalue weighted by Gasteiger charge is 2.21. The molecule has 0 aliphatic carbocycles. The third-order valence-electron chi connectivity index (χ3n) is 3.73. The number of carbonyl (C=O) groups is 2. The van der Waals surface area contributed by atoms with E-state index in [-0.39, 0.29) is 29.8 Å². The standard InChI is InChI=1S/C17H17N3O3/c21-14-3-1-9-18-17(14)19-15(22)11-12-5-7-13(8-6-12)20-10-2-4-16(20)23/h1,3,5-9,21H,2,4,10-11H2,(H,18,19,22). The molecule has 1 fully saturated rings. The fourth-order valence-electron chi connectivity index (χ4n) is 2.57. The number of nitrogens with one attached hydrogen (secondary N) is 1. The molecular formula is C17H17N3O3. The number of pyridine rings is 1. The molecule has 3 rings (SSSR count). The minimum atomic E-state index is -0.260. The first-order valence-electron chi connectivity index (χ1n) is 7.46. The zero-order valence-corrected chi connectivity index (χ0v) is 12.5. The van der Waals surface area contributed by atoms with Gasteiger partial charge in [0.05, 0.1) is 6.42 Å². The summed E-state index contributed by atoms with van der Waals surface area (Å²) in [5, 5.41) is 12.2. The highest BCUT2D eigenvalue weighted by atomic mass is 16.3. The molecular weight excluding hydrogens is 294 g/mol. The Morgan fingerprint density at radius 1 is 1.26 bits per heavy atom. The molecule has 1 aliphatic heterocycles. The Labute approximate surface area is 133 Å². The second-order valence-corrected chi connectivity index (χ2v) is 5.41. The van der Waals surface area contributed by atoms with Crippen molar-refractivity contribution in [2.75, 3.05) is 16.8 Å². The molecule has 0 bridgehead atoms. The molecule has 2 aromatic rings. The largest absolute Gasteiger partial charge is 0.504 e. The fourth-order valence-corrected chi connectivity index (χ4v) is 2.57. The Balaban J connectivity index is 1.63. The summed E-state index contributed by atoms with van der Waals surface area (Å²) < 4.78 is 0. The van der Waals surface area contributed by atoms with Crippen LogP contribution in [0.3, 0.4) is 0 Å². The molecule has 118 valence electrons. The van der Waals surface area contributed by atoms with Gasteiger partial charge in [-0.3, -0.25) is 9.59 Å². The monoisotopic (exact) mass is 311 g/mol. The summed E-state index contributed by atoms with van der Waals surface area (Å²) in [5.41, 5.74) is 1.69. The van der Waals surface area contributed by atoms with Crippen LogP contribution < -0.4 is 10.2 Å². The minimum Gasteiger partial charge on any atom is -0.504 e.